The Morgan fingerprint density at radius 2 is 1.09 bits per heavy atom. The van der Waals surface area contributed by atoms with E-state index in [0.717, 1.165) is 96.1 Å². The van der Waals surface area contributed by atoms with Gasteiger partial charge in [0, 0.05) is 73.8 Å². The minimum Gasteiger partial charge on any atom is -0.494 e. The van der Waals surface area contributed by atoms with Crippen molar-refractivity contribution in [2.24, 2.45) is 0 Å². The standard InChI is InChI=1S/C34H38FN3O4S.C30H31N3O3S.2H2/c1-3-5-19-41-20-21-42-31-12-6-26(7-13-31)27-8-16-33(35)28(22-27)9-17-34(39)37-29-10-14-32(15-11-29)43(40)24-30-23-36-25-38(30)18-4-2;1-3-18-33-22-31-20-27(33)21-37(35)29-15-11-26(12-16-29)32-30(34)17-8-23-6-5-7-25(19-23)24-9-13-28(14-10-24)36-4-2;;/h6-17,22-23,25H,3-5,18-21,24H2,1-2H3,(H,37,39);5-17,19-20,22H,3-4,18,21H2,1-2H3,(H,32,34);2*1H/b17-9+;17-8+;;. The average Bonchev–Trinajstić information content (AvgIpc) is 4.13. The van der Waals surface area contributed by atoms with Crippen LogP contribution in [0.3, 0.4) is 0 Å². The average molecular weight is 1120 g/mol. The lowest BCUT2D eigenvalue weighted by Gasteiger charge is -2.09. The number of aryl methyl sites for hydroxylation is 2. The third-order valence-electron chi connectivity index (χ3n) is 12.4. The molecule has 0 aliphatic carbocycles. The number of hydrogen-bond acceptors (Lipinski definition) is 9. The molecule has 0 aliphatic rings. The van der Waals surface area contributed by atoms with Crippen molar-refractivity contribution in [3.05, 3.63) is 205 Å². The summed E-state index contributed by atoms with van der Waals surface area (Å²) in [6, 6.07) is 42.3. The zero-order chi connectivity index (χ0) is 56.5. The van der Waals surface area contributed by atoms with E-state index >= 15 is 0 Å². The molecule has 2 N–H and O–H groups in total. The Morgan fingerprint density at radius 1 is 0.575 bits per heavy atom. The predicted molar refractivity (Wildman–Crippen MR) is 324 cm³/mol. The SMILES string of the molecule is CCCCOCCOc1ccc(-c2ccc(F)c(/C=C/C(=O)Nc3ccc(S(=O)Cc4cncn4CCC)cc3)c2)cc1.CCCn1cncc1CS(=O)c1ccc(NC(=O)/C=C/c2cccc(-c3ccc(OCC)cc3)c2)cc1.[HH].[HH]. The number of nitrogens with one attached hydrogen (secondary N) is 2. The van der Waals surface area contributed by atoms with E-state index in [1.165, 1.54) is 24.3 Å². The maximum Gasteiger partial charge on any atom is 0.248 e. The van der Waals surface area contributed by atoms with Crippen LogP contribution in [0, 0.1) is 5.82 Å². The van der Waals surface area contributed by atoms with Crippen molar-refractivity contribution >= 4 is 56.9 Å². The van der Waals surface area contributed by atoms with Gasteiger partial charge in [0.15, 0.2) is 0 Å². The molecule has 2 unspecified atom stereocenters. The van der Waals surface area contributed by atoms with Gasteiger partial charge in [-0.2, -0.15) is 0 Å². The molecule has 0 bridgehead atoms. The molecule has 0 spiro atoms. The van der Waals surface area contributed by atoms with Gasteiger partial charge in [0.1, 0.15) is 23.9 Å². The molecule has 13 nitrogen and oxygen atoms in total. The Kier molecular flexibility index (Phi) is 23.5. The van der Waals surface area contributed by atoms with Crippen LogP contribution in [0.1, 0.15) is 78.7 Å². The van der Waals surface area contributed by atoms with Crippen molar-refractivity contribution < 1.29 is 39.5 Å². The lowest BCUT2D eigenvalue weighted by atomic mass is 10.0. The summed E-state index contributed by atoms with van der Waals surface area (Å²) in [6.07, 6.45) is 17.2. The predicted octanol–water partition coefficient (Wildman–Crippen LogP) is 14.1. The fraction of sp³-hybridized carbons (Fsp3) is 0.250. The summed E-state index contributed by atoms with van der Waals surface area (Å²) in [4.78, 5) is 34.8. The number of hydrogen-bond donors (Lipinski definition) is 2. The van der Waals surface area contributed by atoms with Gasteiger partial charge in [-0.05, 0) is 157 Å². The van der Waals surface area contributed by atoms with Crippen LogP contribution in [-0.2, 0) is 60.5 Å². The smallest absolute Gasteiger partial charge is 0.248 e. The maximum absolute atomic E-state index is 14.6. The van der Waals surface area contributed by atoms with Gasteiger partial charge < -0.3 is 34.0 Å². The van der Waals surface area contributed by atoms with Crippen LogP contribution in [0.25, 0.3) is 34.4 Å². The Balaban J connectivity index is 0.000000296. The van der Waals surface area contributed by atoms with Gasteiger partial charge in [-0.1, -0.05) is 75.7 Å². The molecule has 2 heterocycles. The van der Waals surface area contributed by atoms with Crippen molar-refractivity contribution in [2.45, 2.75) is 87.8 Å². The topological polar surface area (TPSA) is 156 Å². The number of halogens is 1. The number of unbranched alkanes of at least 4 members (excludes halogenated alkanes) is 1. The Labute approximate surface area is 476 Å². The van der Waals surface area contributed by atoms with Crippen LogP contribution < -0.4 is 20.1 Å². The van der Waals surface area contributed by atoms with E-state index in [1.807, 2.05) is 88.9 Å². The molecule has 8 rings (SSSR count). The number of benzene rings is 6. The Hall–Kier alpha value is -8.05. The van der Waals surface area contributed by atoms with E-state index < -0.39 is 33.3 Å². The third kappa shape index (κ3) is 18.5. The molecule has 8 aromatic rings. The molecule has 0 saturated carbocycles. The van der Waals surface area contributed by atoms with Crippen LogP contribution in [0.15, 0.2) is 187 Å². The molecule has 0 saturated heterocycles. The highest BCUT2D eigenvalue weighted by molar-refractivity contribution is 7.84. The van der Waals surface area contributed by atoms with Crippen molar-refractivity contribution in [3.8, 4) is 33.8 Å². The van der Waals surface area contributed by atoms with Crippen molar-refractivity contribution in [3.63, 3.8) is 0 Å². The van der Waals surface area contributed by atoms with Crippen LogP contribution in [0.5, 0.6) is 11.5 Å². The lowest BCUT2D eigenvalue weighted by Crippen LogP contribution is -2.08. The quantitative estimate of drug-likeness (QED) is 0.0378. The molecule has 6 aromatic carbocycles. The summed E-state index contributed by atoms with van der Waals surface area (Å²) >= 11 is 0. The number of imidazole rings is 2. The lowest BCUT2D eigenvalue weighted by molar-refractivity contribution is -0.112. The molecular weight excluding hydrogens is 1050 g/mol. The van der Waals surface area contributed by atoms with Crippen molar-refractivity contribution in [1.82, 2.24) is 19.1 Å². The highest BCUT2D eigenvalue weighted by Gasteiger charge is 2.13. The Bertz CT molecular complexity index is 3350. The first-order valence-corrected chi connectivity index (χ1v) is 29.5. The molecule has 80 heavy (non-hydrogen) atoms. The van der Waals surface area contributed by atoms with Gasteiger partial charge in [0.25, 0.3) is 0 Å². The first-order chi connectivity index (χ1) is 39.0. The van der Waals surface area contributed by atoms with E-state index in [4.69, 9.17) is 14.2 Å². The highest BCUT2D eigenvalue weighted by Crippen LogP contribution is 2.27. The van der Waals surface area contributed by atoms with Gasteiger partial charge in [-0.3, -0.25) is 18.0 Å². The molecule has 0 radical (unpaired) electrons. The fourth-order valence-corrected chi connectivity index (χ4v) is 10.5. The number of amides is 2. The normalized spacial score (nSPS) is 12.0. The van der Waals surface area contributed by atoms with Crippen LogP contribution in [-0.4, -0.2) is 65.8 Å². The summed E-state index contributed by atoms with van der Waals surface area (Å²) < 4.78 is 61.0. The molecule has 0 aliphatic heterocycles. The minimum atomic E-state index is -1.24. The van der Waals surface area contributed by atoms with E-state index in [2.05, 4.69) is 41.4 Å². The zero-order valence-electron chi connectivity index (χ0n) is 45.7. The highest BCUT2D eigenvalue weighted by atomic mass is 32.2. The van der Waals surface area contributed by atoms with Gasteiger partial charge in [-0.15, -0.1) is 0 Å². The third-order valence-corrected chi connectivity index (χ3v) is 15.1. The summed E-state index contributed by atoms with van der Waals surface area (Å²) in [7, 11) is -2.43. The summed E-state index contributed by atoms with van der Waals surface area (Å²) in [5.74, 6) is 1.29. The van der Waals surface area contributed by atoms with Gasteiger partial charge in [-0.25, -0.2) is 14.4 Å². The van der Waals surface area contributed by atoms with Crippen LogP contribution in [0.2, 0.25) is 0 Å². The van der Waals surface area contributed by atoms with Gasteiger partial charge in [0.2, 0.25) is 11.8 Å². The number of carbonyl (C=O) groups excluding carboxylic acids is 2. The zero-order valence-corrected chi connectivity index (χ0v) is 47.4. The number of carbonyl (C=O) groups is 2. The summed E-state index contributed by atoms with van der Waals surface area (Å²) in [6.45, 7) is 12.4. The molecule has 16 heteroatoms. The number of ether oxygens (including phenoxy) is 3. The molecule has 420 valence electrons. The molecule has 0 fully saturated rings. The monoisotopic (exact) mass is 1120 g/mol. The molecule has 2 amide bonds. The minimum absolute atomic E-state index is 0. The van der Waals surface area contributed by atoms with Gasteiger partial charge in [0.05, 0.1) is 70.4 Å². The first kappa shape index (κ1) is 59.6. The summed E-state index contributed by atoms with van der Waals surface area (Å²) in [5, 5.41) is 5.63. The van der Waals surface area contributed by atoms with Crippen LogP contribution >= 0.6 is 0 Å². The molecular formula is C64H73FN6O7S2. The second kappa shape index (κ2) is 31.5. The van der Waals surface area contributed by atoms with Crippen LogP contribution in [0.4, 0.5) is 15.8 Å². The van der Waals surface area contributed by atoms with Crippen molar-refractivity contribution in [1.29, 1.82) is 0 Å². The van der Waals surface area contributed by atoms with E-state index in [1.54, 1.807) is 91.8 Å². The second-order valence-electron chi connectivity index (χ2n) is 18.5. The Morgan fingerprint density at radius 3 is 1.61 bits per heavy atom. The largest absolute Gasteiger partial charge is 0.494 e. The number of anilines is 2. The number of nitrogens with zero attached hydrogens (tertiary/aromatic N) is 4. The number of rotatable bonds is 27. The maximum atomic E-state index is 14.6. The fourth-order valence-electron chi connectivity index (χ4n) is 8.24. The second-order valence-corrected chi connectivity index (χ2v) is 21.4. The van der Waals surface area contributed by atoms with E-state index in [0.29, 0.717) is 58.1 Å². The molecule has 2 atom stereocenters. The number of aromatic nitrogens is 4. The molecule has 2 aromatic heterocycles. The van der Waals surface area contributed by atoms with Crippen molar-refractivity contribution in [2.75, 3.05) is 37.1 Å². The summed E-state index contributed by atoms with van der Waals surface area (Å²) in [5.41, 5.74) is 8.15. The van der Waals surface area contributed by atoms with Gasteiger partial charge >= 0.3 is 0 Å². The van der Waals surface area contributed by atoms with E-state index in [-0.39, 0.29) is 8.76 Å². The first-order valence-electron chi connectivity index (χ1n) is 26.9. The van der Waals surface area contributed by atoms with E-state index in [9.17, 15) is 22.4 Å².